The summed E-state index contributed by atoms with van der Waals surface area (Å²) in [5, 5.41) is 4.49. The zero-order chi connectivity index (χ0) is 21.8. The minimum atomic E-state index is 0.564. The number of rotatable bonds is 7. The van der Waals surface area contributed by atoms with Crippen molar-refractivity contribution in [2.24, 2.45) is 4.99 Å². The summed E-state index contributed by atoms with van der Waals surface area (Å²) >= 11 is 12.6. The van der Waals surface area contributed by atoms with Crippen LogP contribution in [0, 0.1) is 6.92 Å². The Morgan fingerprint density at radius 3 is 2.58 bits per heavy atom. The molecule has 1 aliphatic heterocycles. The van der Waals surface area contributed by atoms with Crippen molar-refractivity contribution in [2.75, 3.05) is 11.9 Å². The molecule has 1 N–H and O–H groups in total. The van der Waals surface area contributed by atoms with Gasteiger partial charge in [-0.2, -0.15) is 0 Å². The predicted molar refractivity (Wildman–Crippen MR) is 128 cm³/mol. The van der Waals surface area contributed by atoms with Crippen LogP contribution in [0.2, 0.25) is 10.0 Å². The lowest BCUT2D eigenvalue weighted by Crippen LogP contribution is -2.09. The van der Waals surface area contributed by atoms with E-state index >= 15 is 0 Å². The fourth-order valence-electron chi connectivity index (χ4n) is 3.38. The second-order valence-electron chi connectivity index (χ2n) is 7.65. The van der Waals surface area contributed by atoms with Gasteiger partial charge < -0.3 is 5.32 Å². The van der Waals surface area contributed by atoms with Crippen LogP contribution in [-0.4, -0.2) is 27.2 Å². The van der Waals surface area contributed by atoms with Crippen LogP contribution in [0.5, 0.6) is 0 Å². The molecule has 5 nitrogen and oxygen atoms in total. The smallest absolute Gasteiger partial charge is 0.129 e. The number of aliphatic imine (C=N–C) groups is 1. The predicted octanol–water partition coefficient (Wildman–Crippen LogP) is 6.30. The number of aryl methyl sites for hydroxylation is 2. The molecule has 3 heterocycles. The number of nitrogens with one attached hydrogen (secondary N) is 1. The van der Waals surface area contributed by atoms with Crippen molar-refractivity contribution in [1.29, 1.82) is 0 Å². The van der Waals surface area contributed by atoms with Gasteiger partial charge in [-0.25, -0.2) is 15.0 Å². The zero-order valence-corrected chi connectivity index (χ0v) is 19.0. The van der Waals surface area contributed by atoms with E-state index in [4.69, 9.17) is 28.2 Å². The quantitative estimate of drug-likeness (QED) is 0.428. The van der Waals surface area contributed by atoms with Crippen molar-refractivity contribution in [3.05, 3.63) is 81.5 Å². The molecule has 2 aromatic heterocycles. The normalized spacial score (nSPS) is 13.2. The van der Waals surface area contributed by atoms with E-state index in [0.717, 1.165) is 65.5 Å². The van der Waals surface area contributed by atoms with Crippen molar-refractivity contribution in [2.45, 2.75) is 33.1 Å². The first kappa shape index (κ1) is 21.5. The Morgan fingerprint density at radius 1 is 1.00 bits per heavy atom. The first-order chi connectivity index (χ1) is 15.0. The molecule has 0 spiro atoms. The van der Waals surface area contributed by atoms with Crippen molar-refractivity contribution >= 4 is 34.7 Å². The minimum Gasteiger partial charge on any atom is -0.370 e. The highest BCUT2D eigenvalue weighted by Crippen LogP contribution is 2.33. The van der Waals surface area contributed by atoms with Gasteiger partial charge in [0.1, 0.15) is 11.6 Å². The molecular weight excluding hydrogens is 429 g/mol. The molecule has 158 valence electrons. The van der Waals surface area contributed by atoms with Gasteiger partial charge in [0.05, 0.1) is 16.4 Å². The number of hydrogen-bond acceptors (Lipinski definition) is 5. The zero-order valence-electron chi connectivity index (χ0n) is 17.5. The summed E-state index contributed by atoms with van der Waals surface area (Å²) in [5.74, 6) is 1.64. The van der Waals surface area contributed by atoms with Crippen LogP contribution in [0.1, 0.15) is 36.7 Å². The van der Waals surface area contributed by atoms with E-state index in [1.165, 1.54) is 5.57 Å². The van der Waals surface area contributed by atoms with Crippen molar-refractivity contribution < 1.29 is 0 Å². The number of aromatic nitrogens is 3. The van der Waals surface area contributed by atoms with Crippen molar-refractivity contribution in [1.82, 2.24) is 15.0 Å². The summed E-state index contributed by atoms with van der Waals surface area (Å²) in [4.78, 5) is 18.4. The molecule has 0 unspecified atom stereocenters. The highest BCUT2D eigenvalue weighted by molar-refractivity contribution is 6.36. The number of allylic oxidation sites excluding steroid dienone is 1. The van der Waals surface area contributed by atoms with Gasteiger partial charge in [-0.1, -0.05) is 29.3 Å². The van der Waals surface area contributed by atoms with E-state index in [1.54, 1.807) is 6.07 Å². The monoisotopic (exact) mass is 451 g/mol. The Balaban J connectivity index is 1.53. The number of benzene rings is 1. The summed E-state index contributed by atoms with van der Waals surface area (Å²) in [7, 11) is 0. The van der Waals surface area contributed by atoms with Crippen LogP contribution in [-0.2, 0) is 6.42 Å². The summed E-state index contributed by atoms with van der Waals surface area (Å²) in [6.45, 7) is 4.88. The third-order valence-corrected chi connectivity index (χ3v) is 5.57. The maximum atomic E-state index is 6.51. The highest BCUT2D eigenvalue weighted by Gasteiger charge is 2.19. The molecule has 0 saturated heterocycles. The number of nitrogens with zero attached hydrogens (tertiary/aromatic N) is 4. The van der Waals surface area contributed by atoms with Gasteiger partial charge in [0.15, 0.2) is 0 Å². The fraction of sp³-hybridized carbons (Fsp3) is 0.250. The van der Waals surface area contributed by atoms with Crippen LogP contribution >= 0.6 is 23.2 Å². The second-order valence-corrected chi connectivity index (χ2v) is 8.50. The van der Waals surface area contributed by atoms with E-state index in [1.807, 2.05) is 49.8 Å². The van der Waals surface area contributed by atoms with Gasteiger partial charge in [-0.3, -0.25) is 4.99 Å². The van der Waals surface area contributed by atoms with E-state index in [0.29, 0.717) is 10.0 Å². The van der Waals surface area contributed by atoms with Crippen LogP contribution in [0.3, 0.4) is 0 Å². The Hall–Kier alpha value is -2.76. The summed E-state index contributed by atoms with van der Waals surface area (Å²) < 4.78 is 0. The summed E-state index contributed by atoms with van der Waals surface area (Å²) in [6.07, 6.45) is 8.01. The van der Waals surface area contributed by atoms with Gasteiger partial charge in [0.2, 0.25) is 0 Å². The van der Waals surface area contributed by atoms with E-state index in [9.17, 15) is 0 Å². The lowest BCUT2D eigenvalue weighted by atomic mass is 10.0. The Morgan fingerprint density at radius 2 is 1.87 bits per heavy atom. The number of halogens is 2. The van der Waals surface area contributed by atoms with Gasteiger partial charge in [-0.05, 0) is 55.7 Å². The molecule has 0 amide bonds. The Kier molecular flexibility index (Phi) is 6.64. The molecule has 0 bridgehead atoms. The molecule has 0 saturated carbocycles. The molecule has 0 fully saturated rings. The Labute approximate surface area is 192 Å². The molecule has 0 aliphatic carbocycles. The van der Waals surface area contributed by atoms with E-state index in [2.05, 4.69) is 27.2 Å². The molecular formula is C24H23Cl2N5. The standard InChI is InChI=1S/C24H23Cl2N5/c1-15-5-8-22(29-12-15)27-9-3-4-23-30-14-19(21-10-16(2)13-28-21)24(31-23)18-7-6-17(25)11-20(18)26/h5-8,11-14H,3-4,9-10H2,1-2H3,(H,27,29). The first-order valence-corrected chi connectivity index (χ1v) is 11.0. The molecule has 3 aromatic rings. The van der Waals surface area contributed by atoms with Crippen LogP contribution in [0.25, 0.3) is 11.3 Å². The van der Waals surface area contributed by atoms with E-state index in [-0.39, 0.29) is 0 Å². The minimum absolute atomic E-state index is 0.564. The maximum absolute atomic E-state index is 6.51. The highest BCUT2D eigenvalue weighted by atomic mass is 35.5. The number of pyridine rings is 1. The number of hydrogen-bond donors (Lipinski definition) is 1. The lowest BCUT2D eigenvalue weighted by molar-refractivity contribution is 0.799. The Bertz CT molecular complexity index is 1150. The lowest BCUT2D eigenvalue weighted by Gasteiger charge is -2.13. The van der Waals surface area contributed by atoms with Crippen LogP contribution < -0.4 is 5.32 Å². The largest absolute Gasteiger partial charge is 0.370 e. The third-order valence-electron chi connectivity index (χ3n) is 5.02. The van der Waals surface area contributed by atoms with Crippen molar-refractivity contribution in [3.8, 4) is 11.3 Å². The number of anilines is 1. The average Bonchev–Trinajstić information content (AvgIpc) is 3.18. The van der Waals surface area contributed by atoms with Crippen LogP contribution in [0.15, 0.2) is 59.5 Å². The maximum Gasteiger partial charge on any atom is 0.129 e. The fourth-order valence-corrected chi connectivity index (χ4v) is 3.88. The molecule has 0 radical (unpaired) electrons. The molecule has 1 aliphatic rings. The third kappa shape index (κ3) is 5.30. The van der Waals surface area contributed by atoms with Crippen molar-refractivity contribution in [3.63, 3.8) is 0 Å². The SMILES string of the molecule is CC1=CN=C(c2cnc(CCCNc3ccc(C)cn3)nc2-c2ccc(Cl)cc2Cl)C1. The van der Waals surface area contributed by atoms with Gasteiger partial charge >= 0.3 is 0 Å². The van der Waals surface area contributed by atoms with Gasteiger partial charge in [0.25, 0.3) is 0 Å². The van der Waals surface area contributed by atoms with Crippen LogP contribution in [0.4, 0.5) is 5.82 Å². The molecule has 31 heavy (non-hydrogen) atoms. The molecule has 1 aromatic carbocycles. The van der Waals surface area contributed by atoms with E-state index < -0.39 is 0 Å². The molecule has 4 rings (SSSR count). The van der Waals surface area contributed by atoms with Gasteiger partial charge in [-0.15, -0.1) is 0 Å². The summed E-state index contributed by atoms with van der Waals surface area (Å²) in [6, 6.07) is 9.50. The molecule has 0 atom stereocenters. The summed E-state index contributed by atoms with van der Waals surface area (Å²) in [5.41, 5.74) is 5.84. The first-order valence-electron chi connectivity index (χ1n) is 10.2. The molecule has 7 heteroatoms. The average molecular weight is 452 g/mol. The second kappa shape index (κ2) is 9.58. The topological polar surface area (TPSA) is 63.1 Å². The van der Waals surface area contributed by atoms with Gasteiger partial charge in [0, 0.05) is 54.1 Å².